The van der Waals surface area contributed by atoms with Gasteiger partial charge in [-0.2, -0.15) is 0 Å². The Morgan fingerprint density at radius 3 is 2.55 bits per heavy atom. The molecule has 2 rings (SSSR count). The molecule has 1 aliphatic carbocycles. The van der Waals surface area contributed by atoms with Gasteiger partial charge in [-0.15, -0.1) is 0 Å². The number of hydrogen-bond acceptors (Lipinski definition) is 3. The number of carbonyl (C=O) groups is 1. The van der Waals surface area contributed by atoms with Crippen LogP contribution in [0.5, 0.6) is 0 Å². The van der Waals surface area contributed by atoms with Gasteiger partial charge in [0.1, 0.15) is 0 Å². The lowest BCUT2D eigenvalue weighted by Gasteiger charge is -2.23. The van der Waals surface area contributed by atoms with Gasteiger partial charge in [0.05, 0.1) is 12.1 Å². The summed E-state index contributed by atoms with van der Waals surface area (Å²) in [7, 11) is 0. The Morgan fingerprint density at radius 2 is 1.85 bits per heavy atom. The van der Waals surface area contributed by atoms with Crippen LogP contribution in [0.25, 0.3) is 0 Å². The van der Waals surface area contributed by atoms with Crippen LogP contribution in [0.4, 0.5) is 0 Å². The summed E-state index contributed by atoms with van der Waals surface area (Å²) in [6, 6.07) is 0.389. The standard InChI is InChI=1S/C16H30N2O2/c1-16(20)9-6-11-18(12-10-16)13-15(19)17-14-7-4-2-3-5-8-14/h14,20H,2-13H2,1H3,(H,17,19). The Hall–Kier alpha value is -0.610. The first-order valence-corrected chi connectivity index (χ1v) is 8.29. The summed E-state index contributed by atoms with van der Waals surface area (Å²) in [6.45, 7) is 4.15. The van der Waals surface area contributed by atoms with Crippen molar-refractivity contribution in [3.05, 3.63) is 0 Å². The van der Waals surface area contributed by atoms with Crippen molar-refractivity contribution in [2.45, 2.75) is 76.4 Å². The van der Waals surface area contributed by atoms with E-state index in [2.05, 4.69) is 10.2 Å². The second-order valence-corrected chi connectivity index (χ2v) is 6.88. The van der Waals surface area contributed by atoms with Gasteiger partial charge in [-0.05, 0) is 45.6 Å². The number of rotatable bonds is 3. The number of nitrogens with zero attached hydrogens (tertiary/aromatic N) is 1. The van der Waals surface area contributed by atoms with Crippen molar-refractivity contribution in [3.8, 4) is 0 Å². The molecule has 0 spiro atoms. The minimum absolute atomic E-state index is 0.165. The van der Waals surface area contributed by atoms with Crippen LogP contribution in [-0.4, -0.2) is 47.2 Å². The molecule has 1 saturated heterocycles. The van der Waals surface area contributed by atoms with Gasteiger partial charge in [-0.25, -0.2) is 0 Å². The SMILES string of the molecule is CC1(O)CCCN(CC(=O)NC2CCCCCC2)CC1. The smallest absolute Gasteiger partial charge is 0.234 e. The van der Waals surface area contributed by atoms with Gasteiger partial charge >= 0.3 is 0 Å². The molecule has 0 aromatic heterocycles. The van der Waals surface area contributed by atoms with Crippen LogP contribution in [0.1, 0.15) is 64.7 Å². The number of amides is 1. The molecule has 1 heterocycles. The molecule has 2 fully saturated rings. The second kappa shape index (κ2) is 7.41. The quantitative estimate of drug-likeness (QED) is 0.779. The normalized spacial score (nSPS) is 30.5. The van der Waals surface area contributed by atoms with E-state index in [0.717, 1.165) is 45.2 Å². The highest BCUT2D eigenvalue weighted by Gasteiger charge is 2.26. The molecule has 2 aliphatic rings. The van der Waals surface area contributed by atoms with Gasteiger partial charge in [-0.3, -0.25) is 9.69 Å². The topological polar surface area (TPSA) is 52.6 Å². The Balaban J connectivity index is 1.73. The molecular formula is C16H30N2O2. The molecule has 0 bridgehead atoms. The van der Waals surface area contributed by atoms with Crippen molar-refractivity contribution in [3.63, 3.8) is 0 Å². The number of likely N-dealkylation sites (tertiary alicyclic amines) is 1. The Kier molecular flexibility index (Phi) is 5.85. The highest BCUT2D eigenvalue weighted by atomic mass is 16.3. The van der Waals surface area contributed by atoms with E-state index in [0.29, 0.717) is 12.6 Å². The van der Waals surface area contributed by atoms with Crippen molar-refractivity contribution < 1.29 is 9.90 Å². The number of hydrogen-bond donors (Lipinski definition) is 2. The first-order valence-electron chi connectivity index (χ1n) is 8.29. The third kappa shape index (κ3) is 5.41. The summed E-state index contributed by atoms with van der Waals surface area (Å²) in [4.78, 5) is 14.3. The minimum Gasteiger partial charge on any atom is -0.390 e. The molecule has 4 heteroatoms. The van der Waals surface area contributed by atoms with Gasteiger partial charge in [0.15, 0.2) is 0 Å². The van der Waals surface area contributed by atoms with Gasteiger partial charge in [0, 0.05) is 12.6 Å². The molecular weight excluding hydrogens is 252 g/mol. The van der Waals surface area contributed by atoms with E-state index in [1.54, 1.807) is 0 Å². The maximum absolute atomic E-state index is 12.2. The number of aliphatic hydroxyl groups is 1. The molecule has 1 amide bonds. The molecule has 1 atom stereocenters. The zero-order chi connectivity index (χ0) is 14.4. The maximum Gasteiger partial charge on any atom is 0.234 e. The fourth-order valence-electron chi connectivity index (χ4n) is 3.38. The zero-order valence-electron chi connectivity index (χ0n) is 12.9. The first-order chi connectivity index (χ1) is 9.55. The summed E-state index contributed by atoms with van der Waals surface area (Å²) >= 11 is 0. The lowest BCUT2D eigenvalue weighted by atomic mass is 9.98. The van der Waals surface area contributed by atoms with Gasteiger partial charge in [-0.1, -0.05) is 25.7 Å². The van der Waals surface area contributed by atoms with Crippen molar-refractivity contribution >= 4 is 5.91 Å². The largest absolute Gasteiger partial charge is 0.390 e. The summed E-state index contributed by atoms with van der Waals surface area (Å²) in [5, 5.41) is 13.3. The summed E-state index contributed by atoms with van der Waals surface area (Å²) in [5.74, 6) is 0.165. The van der Waals surface area contributed by atoms with Crippen LogP contribution in [0.2, 0.25) is 0 Å². The van der Waals surface area contributed by atoms with Crippen molar-refractivity contribution in [2.75, 3.05) is 19.6 Å². The highest BCUT2D eigenvalue weighted by Crippen LogP contribution is 2.21. The van der Waals surface area contributed by atoms with Crippen LogP contribution in [0.15, 0.2) is 0 Å². The molecule has 0 radical (unpaired) electrons. The van der Waals surface area contributed by atoms with Crippen LogP contribution in [0.3, 0.4) is 0 Å². The van der Waals surface area contributed by atoms with E-state index in [1.807, 2.05) is 6.92 Å². The molecule has 20 heavy (non-hydrogen) atoms. The van der Waals surface area contributed by atoms with Crippen molar-refractivity contribution in [1.29, 1.82) is 0 Å². The summed E-state index contributed by atoms with van der Waals surface area (Å²) in [5.41, 5.74) is -0.549. The highest BCUT2D eigenvalue weighted by molar-refractivity contribution is 5.78. The van der Waals surface area contributed by atoms with Gasteiger partial charge in [0.2, 0.25) is 5.91 Å². The van der Waals surface area contributed by atoms with Gasteiger partial charge in [0.25, 0.3) is 0 Å². The van der Waals surface area contributed by atoms with Crippen LogP contribution >= 0.6 is 0 Å². The van der Waals surface area contributed by atoms with E-state index in [9.17, 15) is 9.90 Å². The molecule has 116 valence electrons. The van der Waals surface area contributed by atoms with Gasteiger partial charge < -0.3 is 10.4 Å². The van der Waals surface area contributed by atoms with E-state index >= 15 is 0 Å². The van der Waals surface area contributed by atoms with E-state index in [4.69, 9.17) is 0 Å². The molecule has 2 N–H and O–H groups in total. The Bertz CT molecular complexity index is 310. The average molecular weight is 282 g/mol. The summed E-state index contributed by atoms with van der Waals surface area (Å²) < 4.78 is 0. The predicted octanol–water partition coefficient (Wildman–Crippen LogP) is 2.06. The zero-order valence-corrected chi connectivity index (χ0v) is 12.9. The first kappa shape index (κ1) is 15.8. The lowest BCUT2D eigenvalue weighted by molar-refractivity contribution is -0.123. The summed E-state index contributed by atoms with van der Waals surface area (Å²) in [6.07, 6.45) is 9.98. The number of nitrogens with one attached hydrogen (secondary N) is 1. The number of carbonyl (C=O) groups excluding carboxylic acids is 1. The fraction of sp³-hybridized carbons (Fsp3) is 0.938. The molecule has 1 saturated carbocycles. The lowest BCUT2D eigenvalue weighted by Crippen LogP contribution is -2.42. The molecule has 4 nitrogen and oxygen atoms in total. The molecule has 0 aromatic rings. The Labute approximate surface area is 122 Å². The third-order valence-corrected chi connectivity index (χ3v) is 4.74. The van der Waals surface area contributed by atoms with E-state index in [1.165, 1.54) is 25.7 Å². The molecule has 0 aromatic carbocycles. The molecule has 1 unspecified atom stereocenters. The van der Waals surface area contributed by atoms with E-state index in [-0.39, 0.29) is 5.91 Å². The maximum atomic E-state index is 12.2. The van der Waals surface area contributed by atoms with Crippen LogP contribution in [-0.2, 0) is 4.79 Å². The minimum atomic E-state index is -0.549. The Morgan fingerprint density at radius 1 is 1.15 bits per heavy atom. The second-order valence-electron chi connectivity index (χ2n) is 6.88. The van der Waals surface area contributed by atoms with Crippen LogP contribution in [0, 0.1) is 0 Å². The predicted molar refractivity (Wildman–Crippen MR) is 80.5 cm³/mol. The average Bonchev–Trinajstić information content (AvgIpc) is 2.71. The fourth-order valence-corrected chi connectivity index (χ4v) is 3.38. The van der Waals surface area contributed by atoms with Crippen molar-refractivity contribution in [1.82, 2.24) is 10.2 Å². The van der Waals surface area contributed by atoms with E-state index < -0.39 is 5.60 Å². The van der Waals surface area contributed by atoms with Crippen LogP contribution < -0.4 is 5.32 Å². The van der Waals surface area contributed by atoms with Crippen molar-refractivity contribution in [2.24, 2.45) is 0 Å². The molecule has 1 aliphatic heterocycles. The monoisotopic (exact) mass is 282 g/mol. The third-order valence-electron chi connectivity index (χ3n) is 4.74.